The summed E-state index contributed by atoms with van der Waals surface area (Å²) in [5.41, 5.74) is 0. The first-order valence-corrected chi connectivity index (χ1v) is 8.10. The molecular formula is C18H26O4. The van der Waals surface area contributed by atoms with Crippen molar-refractivity contribution >= 4 is 17.3 Å². The minimum Gasteiger partial charge on any atom is -0.493 e. The van der Waals surface area contributed by atoms with Crippen molar-refractivity contribution in [3.63, 3.8) is 0 Å². The second-order valence-corrected chi connectivity index (χ2v) is 5.70. The van der Waals surface area contributed by atoms with Crippen molar-refractivity contribution in [2.75, 3.05) is 7.11 Å². The van der Waals surface area contributed by atoms with E-state index >= 15 is 0 Å². The first-order valence-electron chi connectivity index (χ1n) is 8.10. The van der Waals surface area contributed by atoms with Gasteiger partial charge in [0.25, 0.3) is 0 Å². The predicted molar refractivity (Wildman–Crippen MR) is 85.4 cm³/mol. The third-order valence-electron chi connectivity index (χ3n) is 4.00. The number of carbonyl (C=O) groups excluding carboxylic acids is 3. The van der Waals surface area contributed by atoms with Gasteiger partial charge in [-0.05, 0) is 19.3 Å². The minimum absolute atomic E-state index is 0.0109. The molecule has 0 fully saturated rings. The van der Waals surface area contributed by atoms with Gasteiger partial charge in [-0.15, -0.1) is 6.58 Å². The lowest BCUT2D eigenvalue weighted by atomic mass is 9.85. The maximum absolute atomic E-state index is 12.0. The summed E-state index contributed by atoms with van der Waals surface area (Å²) in [5.74, 6) is -2.38. The van der Waals surface area contributed by atoms with E-state index in [1.165, 1.54) is 32.8 Å². The van der Waals surface area contributed by atoms with Crippen molar-refractivity contribution in [2.45, 2.75) is 57.8 Å². The average molecular weight is 306 g/mol. The third-order valence-corrected chi connectivity index (χ3v) is 4.00. The molecule has 0 aromatic heterocycles. The first-order chi connectivity index (χ1) is 10.6. The van der Waals surface area contributed by atoms with E-state index < -0.39 is 17.5 Å². The quantitative estimate of drug-likeness (QED) is 0.253. The molecule has 1 aliphatic rings. The summed E-state index contributed by atoms with van der Waals surface area (Å²) in [5, 5.41) is 0. The molecule has 0 amide bonds. The zero-order valence-corrected chi connectivity index (χ0v) is 13.4. The zero-order valence-electron chi connectivity index (χ0n) is 13.4. The number of ketones is 3. The van der Waals surface area contributed by atoms with Crippen LogP contribution in [0.4, 0.5) is 0 Å². The molecule has 122 valence electrons. The van der Waals surface area contributed by atoms with Gasteiger partial charge >= 0.3 is 0 Å². The lowest BCUT2D eigenvalue weighted by Gasteiger charge is -2.18. The maximum Gasteiger partial charge on any atom is 0.226 e. The Kier molecular flexibility index (Phi) is 8.41. The van der Waals surface area contributed by atoms with Gasteiger partial charge in [0.2, 0.25) is 17.3 Å². The van der Waals surface area contributed by atoms with Gasteiger partial charge in [-0.2, -0.15) is 0 Å². The molecule has 0 heterocycles. The molecule has 0 saturated carbocycles. The number of methoxy groups -OCH3 is 1. The van der Waals surface area contributed by atoms with Crippen molar-refractivity contribution in [3.05, 3.63) is 24.5 Å². The van der Waals surface area contributed by atoms with Crippen molar-refractivity contribution in [1.82, 2.24) is 0 Å². The van der Waals surface area contributed by atoms with Crippen LogP contribution >= 0.6 is 0 Å². The largest absolute Gasteiger partial charge is 0.493 e. The Hall–Kier alpha value is -1.71. The number of allylic oxidation sites excluding steroid dienone is 3. The summed E-state index contributed by atoms with van der Waals surface area (Å²) >= 11 is 0. The van der Waals surface area contributed by atoms with Gasteiger partial charge < -0.3 is 4.74 Å². The zero-order chi connectivity index (χ0) is 16.4. The first kappa shape index (κ1) is 18.3. The average Bonchev–Trinajstić information content (AvgIpc) is 2.52. The third kappa shape index (κ3) is 5.58. The fraction of sp³-hybridized carbons (Fsp3) is 0.611. The number of Topliss-reactive ketones (excluding diaryl/α,β-unsaturated/α-hetero) is 2. The molecule has 0 N–H and O–H groups in total. The second-order valence-electron chi connectivity index (χ2n) is 5.70. The summed E-state index contributed by atoms with van der Waals surface area (Å²) in [6, 6.07) is 0. The molecule has 4 heteroatoms. The molecule has 4 nitrogen and oxygen atoms in total. The Morgan fingerprint density at radius 2 is 1.59 bits per heavy atom. The van der Waals surface area contributed by atoms with Gasteiger partial charge in [-0.3, -0.25) is 14.4 Å². The molecule has 0 saturated heterocycles. The SMILES string of the molecule is C=CCCCCCCCCCC1C(=O)C(=O)C=C(OC)C1=O. The van der Waals surface area contributed by atoms with Gasteiger partial charge in [0.15, 0.2) is 5.76 Å². The number of hydrogen-bond acceptors (Lipinski definition) is 4. The van der Waals surface area contributed by atoms with Crippen LogP contribution in [0.5, 0.6) is 0 Å². The van der Waals surface area contributed by atoms with Crippen molar-refractivity contribution in [1.29, 1.82) is 0 Å². The molecular weight excluding hydrogens is 280 g/mol. The molecule has 0 aromatic carbocycles. The standard InChI is InChI=1S/C18H26O4/c1-3-4-5-6-7-8-9-10-11-12-14-17(20)15(19)13-16(22-2)18(14)21/h3,13-14H,1,4-12H2,2H3. The molecule has 1 rings (SSSR count). The van der Waals surface area contributed by atoms with E-state index in [4.69, 9.17) is 4.74 Å². The molecule has 22 heavy (non-hydrogen) atoms. The lowest BCUT2D eigenvalue weighted by Crippen LogP contribution is -2.35. The van der Waals surface area contributed by atoms with E-state index in [0.717, 1.165) is 31.8 Å². The van der Waals surface area contributed by atoms with Crippen LogP contribution in [0.25, 0.3) is 0 Å². The Bertz CT molecular complexity index is 448. The Balaban J connectivity index is 2.23. The molecule has 0 aliphatic heterocycles. The van der Waals surface area contributed by atoms with Crippen LogP contribution in [0.15, 0.2) is 24.5 Å². The van der Waals surface area contributed by atoms with E-state index in [2.05, 4.69) is 6.58 Å². The Labute approximate surface area is 132 Å². The predicted octanol–water partition coefficient (Wildman–Crippen LogP) is 3.55. The van der Waals surface area contributed by atoms with Crippen LogP contribution in [0.2, 0.25) is 0 Å². The smallest absolute Gasteiger partial charge is 0.226 e. The topological polar surface area (TPSA) is 60.4 Å². The van der Waals surface area contributed by atoms with Gasteiger partial charge in [0, 0.05) is 6.08 Å². The van der Waals surface area contributed by atoms with Crippen LogP contribution in [0.1, 0.15) is 57.8 Å². The number of hydrogen-bond donors (Lipinski definition) is 0. The highest BCUT2D eigenvalue weighted by molar-refractivity contribution is 6.48. The summed E-state index contributed by atoms with van der Waals surface area (Å²) in [7, 11) is 1.34. The minimum atomic E-state index is -0.833. The highest BCUT2D eigenvalue weighted by Gasteiger charge is 2.37. The van der Waals surface area contributed by atoms with Crippen molar-refractivity contribution in [2.24, 2.45) is 5.92 Å². The summed E-state index contributed by atoms with van der Waals surface area (Å²) in [6.45, 7) is 3.70. The van der Waals surface area contributed by atoms with Crippen LogP contribution in [-0.4, -0.2) is 24.5 Å². The van der Waals surface area contributed by atoms with E-state index in [1.807, 2.05) is 6.08 Å². The van der Waals surface area contributed by atoms with E-state index in [1.54, 1.807) is 0 Å². The molecule has 1 aliphatic carbocycles. The van der Waals surface area contributed by atoms with Crippen LogP contribution in [-0.2, 0) is 19.1 Å². The molecule has 0 radical (unpaired) electrons. The number of rotatable bonds is 11. The van der Waals surface area contributed by atoms with Gasteiger partial charge in [0.1, 0.15) is 0 Å². The molecule has 1 unspecified atom stereocenters. The molecule has 0 spiro atoms. The highest BCUT2D eigenvalue weighted by atomic mass is 16.5. The Morgan fingerprint density at radius 1 is 1.00 bits per heavy atom. The van der Waals surface area contributed by atoms with E-state index in [-0.39, 0.29) is 11.5 Å². The molecule has 0 aromatic rings. The fourth-order valence-corrected chi connectivity index (χ4v) is 2.67. The number of unbranched alkanes of at least 4 members (excludes halogenated alkanes) is 7. The number of carbonyl (C=O) groups is 3. The maximum atomic E-state index is 12.0. The van der Waals surface area contributed by atoms with E-state index in [9.17, 15) is 14.4 Å². The lowest BCUT2D eigenvalue weighted by molar-refractivity contribution is -0.142. The van der Waals surface area contributed by atoms with Crippen molar-refractivity contribution < 1.29 is 19.1 Å². The summed E-state index contributed by atoms with van der Waals surface area (Å²) in [6.07, 6.45) is 12.2. The van der Waals surface area contributed by atoms with Crippen LogP contribution in [0.3, 0.4) is 0 Å². The van der Waals surface area contributed by atoms with Crippen LogP contribution < -0.4 is 0 Å². The Morgan fingerprint density at radius 3 is 2.18 bits per heavy atom. The van der Waals surface area contributed by atoms with Gasteiger partial charge in [-0.25, -0.2) is 0 Å². The highest BCUT2D eigenvalue weighted by Crippen LogP contribution is 2.22. The summed E-state index contributed by atoms with van der Waals surface area (Å²) < 4.78 is 4.88. The van der Waals surface area contributed by atoms with Gasteiger partial charge in [0.05, 0.1) is 13.0 Å². The summed E-state index contributed by atoms with van der Waals surface area (Å²) in [4.78, 5) is 35.3. The fourth-order valence-electron chi connectivity index (χ4n) is 2.67. The second kappa shape index (κ2) is 10.1. The number of ether oxygens (including phenoxy) is 1. The van der Waals surface area contributed by atoms with Gasteiger partial charge in [-0.1, -0.05) is 44.6 Å². The van der Waals surface area contributed by atoms with Crippen LogP contribution in [0, 0.1) is 5.92 Å². The van der Waals surface area contributed by atoms with Crippen molar-refractivity contribution in [3.8, 4) is 0 Å². The molecule has 1 atom stereocenters. The molecule has 0 bridgehead atoms. The normalized spacial score (nSPS) is 18.3. The monoisotopic (exact) mass is 306 g/mol. The van der Waals surface area contributed by atoms with E-state index in [0.29, 0.717) is 6.42 Å².